The van der Waals surface area contributed by atoms with Crippen molar-refractivity contribution < 1.29 is 0 Å². The molecule has 0 aliphatic heterocycles. The summed E-state index contributed by atoms with van der Waals surface area (Å²) in [5.41, 5.74) is 3.19. The quantitative estimate of drug-likeness (QED) is 0.779. The molecular formula is C16H17N5. The average molecular weight is 279 g/mol. The molecule has 0 amide bonds. The van der Waals surface area contributed by atoms with E-state index >= 15 is 0 Å². The van der Waals surface area contributed by atoms with E-state index in [2.05, 4.69) is 27.3 Å². The predicted octanol–water partition coefficient (Wildman–Crippen LogP) is 2.51. The number of nitrogens with zero attached hydrogens (tertiary/aromatic N) is 4. The number of nitrogens with one attached hydrogen (secondary N) is 1. The second kappa shape index (κ2) is 6.28. The largest absolute Gasteiger partial charge is 0.304 e. The number of hydrogen-bond donors (Lipinski definition) is 1. The van der Waals surface area contributed by atoms with Crippen molar-refractivity contribution in [2.45, 2.75) is 19.5 Å². The number of aromatic nitrogens is 4. The normalized spacial score (nSPS) is 12.2. The van der Waals surface area contributed by atoms with Crippen LogP contribution in [0.1, 0.15) is 24.2 Å². The summed E-state index contributed by atoms with van der Waals surface area (Å²) in [6, 6.07) is 12.2. The molecule has 0 aliphatic rings. The van der Waals surface area contributed by atoms with Gasteiger partial charge in [-0.05, 0) is 25.1 Å². The van der Waals surface area contributed by atoms with Crippen LogP contribution in [-0.2, 0) is 6.54 Å². The molecule has 3 aromatic rings. The predicted molar refractivity (Wildman–Crippen MR) is 80.9 cm³/mol. The van der Waals surface area contributed by atoms with Gasteiger partial charge in [0.05, 0.1) is 17.6 Å². The molecule has 1 aromatic carbocycles. The lowest BCUT2D eigenvalue weighted by atomic mass is 10.2. The third kappa shape index (κ3) is 3.32. The summed E-state index contributed by atoms with van der Waals surface area (Å²) in [5, 5.41) is 7.85. The Morgan fingerprint density at radius 3 is 2.81 bits per heavy atom. The lowest BCUT2D eigenvalue weighted by Crippen LogP contribution is -2.18. The van der Waals surface area contributed by atoms with Gasteiger partial charge < -0.3 is 5.32 Å². The summed E-state index contributed by atoms with van der Waals surface area (Å²) in [6.07, 6.45) is 7.26. The van der Waals surface area contributed by atoms with Gasteiger partial charge in [-0.2, -0.15) is 5.10 Å². The minimum Gasteiger partial charge on any atom is -0.304 e. The molecule has 0 saturated heterocycles. The monoisotopic (exact) mass is 279 g/mol. The molecule has 1 unspecified atom stereocenters. The fourth-order valence-corrected chi connectivity index (χ4v) is 2.08. The maximum Gasteiger partial charge on any atom is 0.115 e. The zero-order valence-corrected chi connectivity index (χ0v) is 11.8. The fraction of sp³-hybridized carbons (Fsp3) is 0.188. The molecule has 5 nitrogen and oxygen atoms in total. The summed E-state index contributed by atoms with van der Waals surface area (Å²) >= 11 is 0. The standard InChI is InChI=1S/C16H17N5/c1-13(18-10-15-7-8-17-12-19-15)14-9-20-21(11-14)16-5-3-2-4-6-16/h2-9,11-13,18H,10H2,1H3. The van der Waals surface area contributed by atoms with Crippen LogP contribution in [0.5, 0.6) is 0 Å². The van der Waals surface area contributed by atoms with E-state index in [1.165, 1.54) is 0 Å². The van der Waals surface area contributed by atoms with Crippen LogP contribution in [0.25, 0.3) is 5.69 Å². The van der Waals surface area contributed by atoms with Crippen LogP contribution in [0.3, 0.4) is 0 Å². The summed E-state index contributed by atoms with van der Waals surface area (Å²) in [5.74, 6) is 0. The Balaban J connectivity index is 1.66. The topological polar surface area (TPSA) is 55.6 Å². The number of hydrogen-bond acceptors (Lipinski definition) is 4. The van der Waals surface area contributed by atoms with Gasteiger partial charge in [0, 0.05) is 30.5 Å². The highest BCUT2D eigenvalue weighted by Gasteiger charge is 2.08. The van der Waals surface area contributed by atoms with Crippen LogP contribution in [-0.4, -0.2) is 19.7 Å². The highest BCUT2D eigenvalue weighted by atomic mass is 15.3. The van der Waals surface area contributed by atoms with E-state index in [0.29, 0.717) is 6.54 Å². The Kier molecular flexibility index (Phi) is 4.02. The van der Waals surface area contributed by atoms with E-state index < -0.39 is 0 Å². The Hall–Kier alpha value is -2.53. The zero-order valence-electron chi connectivity index (χ0n) is 11.8. The Morgan fingerprint density at radius 1 is 1.19 bits per heavy atom. The van der Waals surface area contributed by atoms with Crippen molar-refractivity contribution in [2.24, 2.45) is 0 Å². The van der Waals surface area contributed by atoms with Crippen molar-refractivity contribution in [2.75, 3.05) is 0 Å². The molecule has 2 heterocycles. The minimum atomic E-state index is 0.206. The summed E-state index contributed by atoms with van der Waals surface area (Å²) in [4.78, 5) is 8.12. The van der Waals surface area contributed by atoms with Gasteiger partial charge in [0.1, 0.15) is 6.33 Å². The maximum absolute atomic E-state index is 4.41. The van der Waals surface area contributed by atoms with Crippen molar-refractivity contribution >= 4 is 0 Å². The first-order valence-electron chi connectivity index (χ1n) is 6.91. The molecule has 0 aliphatic carbocycles. The van der Waals surface area contributed by atoms with E-state index in [0.717, 1.165) is 16.9 Å². The van der Waals surface area contributed by atoms with Crippen LogP contribution < -0.4 is 5.32 Å². The van der Waals surface area contributed by atoms with E-state index in [1.54, 1.807) is 12.5 Å². The molecular weight excluding hydrogens is 262 g/mol. The SMILES string of the molecule is CC(NCc1ccncn1)c1cnn(-c2ccccc2)c1. The Labute approximate surface area is 123 Å². The van der Waals surface area contributed by atoms with Crippen LogP contribution in [0.4, 0.5) is 0 Å². The lowest BCUT2D eigenvalue weighted by molar-refractivity contribution is 0.567. The number of rotatable bonds is 5. The second-order valence-corrected chi connectivity index (χ2v) is 4.86. The molecule has 21 heavy (non-hydrogen) atoms. The van der Waals surface area contributed by atoms with E-state index in [1.807, 2.05) is 53.5 Å². The minimum absolute atomic E-state index is 0.206. The third-order valence-electron chi connectivity index (χ3n) is 3.36. The first-order valence-corrected chi connectivity index (χ1v) is 6.91. The van der Waals surface area contributed by atoms with Crippen molar-refractivity contribution in [1.29, 1.82) is 0 Å². The lowest BCUT2D eigenvalue weighted by Gasteiger charge is -2.11. The van der Waals surface area contributed by atoms with Gasteiger partial charge in [-0.3, -0.25) is 0 Å². The molecule has 106 valence electrons. The van der Waals surface area contributed by atoms with E-state index in [-0.39, 0.29) is 6.04 Å². The molecule has 0 saturated carbocycles. The van der Waals surface area contributed by atoms with Crippen molar-refractivity contribution in [3.05, 3.63) is 72.6 Å². The first kappa shape index (κ1) is 13.5. The highest BCUT2D eigenvalue weighted by Crippen LogP contribution is 2.14. The molecule has 0 radical (unpaired) electrons. The molecule has 2 aromatic heterocycles. The zero-order chi connectivity index (χ0) is 14.5. The molecule has 1 N–H and O–H groups in total. The first-order chi connectivity index (χ1) is 10.3. The molecule has 5 heteroatoms. The Morgan fingerprint density at radius 2 is 2.05 bits per heavy atom. The van der Waals surface area contributed by atoms with Gasteiger partial charge in [0.25, 0.3) is 0 Å². The smallest absolute Gasteiger partial charge is 0.115 e. The molecule has 1 atom stereocenters. The Bertz CT molecular complexity index is 678. The molecule has 0 bridgehead atoms. The maximum atomic E-state index is 4.41. The average Bonchev–Trinajstić information content (AvgIpc) is 3.04. The van der Waals surface area contributed by atoms with E-state index in [4.69, 9.17) is 0 Å². The van der Waals surface area contributed by atoms with Gasteiger partial charge in [0.15, 0.2) is 0 Å². The van der Waals surface area contributed by atoms with Crippen LogP contribution >= 0.6 is 0 Å². The van der Waals surface area contributed by atoms with Crippen LogP contribution in [0.2, 0.25) is 0 Å². The highest BCUT2D eigenvalue weighted by molar-refractivity contribution is 5.31. The summed E-state index contributed by atoms with van der Waals surface area (Å²) < 4.78 is 1.89. The second-order valence-electron chi connectivity index (χ2n) is 4.86. The van der Waals surface area contributed by atoms with E-state index in [9.17, 15) is 0 Å². The summed E-state index contributed by atoms with van der Waals surface area (Å²) in [6.45, 7) is 2.83. The molecule has 0 spiro atoms. The van der Waals surface area contributed by atoms with Crippen molar-refractivity contribution in [3.8, 4) is 5.69 Å². The van der Waals surface area contributed by atoms with Gasteiger partial charge in [-0.1, -0.05) is 18.2 Å². The van der Waals surface area contributed by atoms with Gasteiger partial charge in [-0.25, -0.2) is 14.6 Å². The molecule has 0 fully saturated rings. The summed E-state index contributed by atoms with van der Waals surface area (Å²) in [7, 11) is 0. The van der Waals surface area contributed by atoms with Crippen LogP contribution in [0, 0.1) is 0 Å². The fourth-order valence-electron chi connectivity index (χ4n) is 2.08. The van der Waals surface area contributed by atoms with Crippen molar-refractivity contribution in [3.63, 3.8) is 0 Å². The third-order valence-corrected chi connectivity index (χ3v) is 3.36. The number of para-hydroxylation sites is 1. The number of benzene rings is 1. The van der Waals surface area contributed by atoms with Gasteiger partial charge in [-0.15, -0.1) is 0 Å². The van der Waals surface area contributed by atoms with Crippen molar-refractivity contribution in [1.82, 2.24) is 25.1 Å². The van der Waals surface area contributed by atoms with Gasteiger partial charge >= 0.3 is 0 Å². The molecule has 3 rings (SSSR count). The van der Waals surface area contributed by atoms with Crippen LogP contribution in [0.15, 0.2) is 61.3 Å². The van der Waals surface area contributed by atoms with Gasteiger partial charge in [0.2, 0.25) is 0 Å².